The average molecular weight is 373 g/mol. The van der Waals surface area contributed by atoms with Crippen LogP contribution in [0, 0.1) is 6.92 Å². The number of benzene rings is 1. The third-order valence-corrected chi connectivity index (χ3v) is 5.52. The zero-order chi connectivity index (χ0) is 17.6. The quantitative estimate of drug-likeness (QED) is 0.596. The normalized spacial score (nSPS) is 10.8. The van der Waals surface area contributed by atoms with Gasteiger partial charge in [-0.05, 0) is 34.9 Å². The largest absolute Gasteiger partial charge is 0.341 e. The van der Waals surface area contributed by atoms with E-state index < -0.39 is 0 Å². The number of carbonyl (C=O) groups excluding carboxylic acids is 1. The molecule has 1 aromatic carbocycles. The van der Waals surface area contributed by atoms with Crippen LogP contribution in [0.25, 0.3) is 0 Å². The molecule has 0 saturated carbocycles. The van der Waals surface area contributed by atoms with Gasteiger partial charge >= 0.3 is 0 Å². The van der Waals surface area contributed by atoms with Gasteiger partial charge in [0.1, 0.15) is 5.82 Å². The summed E-state index contributed by atoms with van der Waals surface area (Å²) in [5.74, 6) is 1.29. The maximum Gasteiger partial charge on any atom is 0.233 e. The lowest BCUT2D eigenvalue weighted by Gasteiger charge is -2.16. The van der Waals surface area contributed by atoms with Crippen LogP contribution in [-0.4, -0.2) is 38.4 Å². The number of amides is 1. The summed E-state index contributed by atoms with van der Waals surface area (Å²) in [7, 11) is 1.83. The second kappa shape index (κ2) is 8.31. The van der Waals surface area contributed by atoms with Crippen LogP contribution in [0.2, 0.25) is 0 Å². The van der Waals surface area contributed by atoms with E-state index in [1.54, 1.807) is 16.2 Å². The van der Waals surface area contributed by atoms with Crippen LogP contribution in [-0.2, 0) is 17.9 Å². The van der Waals surface area contributed by atoms with Crippen molar-refractivity contribution < 1.29 is 4.79 Å². The monoisotopic (exact) mass is 372 g/mol. The summed E-state index contributed by atoms with van der Waals surface area (Å²) in [6, 6.07) is 12.2. The highest BCUT2D eigenvalue weighted by molar-refractivity contribution is 7.99. The molecule has 0 aliphatic heterocycles. The molecule has 2 heterocycles. The molecule has 0 atom stereocenters. The highest BCUT2D eigenvalue weighted by atomic mass is 32.2. The highest BCUT2D eigenvalue weighted by Crippen LogP contribution is 2.19. The van der Waals surface area contributed by atoms with Gasteiger partial charge in [0.15, 0.2) is 5.16 Å². The molecule has 0 spiro atoms. The summed E-state index contributed by atoms with van der Waals surface area (Å²) < 4.78 is 2.05. The summed E-state index contributed by atoms with van der Waals surface area (Å²) in [6.07, 6.45) is 0. The first-order valence-corrected chi connectivity index (χ1v) is 9.88. The van der Waals surface area contributed by atoms with Crippen LogP contribution in [0.3, 0.4) is 0 Å². The van der Waals surface area contributed by atoms with Crippen molar-refractivity contribution in [3.8, 4) is 0 Å². The van der Waals surface area contributed by atoms with E-state index in [-0.39, 0.29) is 5.91 Å². The van der Waals surface area contributed by atoms with Gasteiger partial charge in [0.2, 0.25) is 5.91 Å². The average Bonchev–Trinajstić information content (AvgIpc) is 3.25. The van der Waals surface area contributed by atoms with Gasteiger partial charge < -0.3 is 9.47 Å². The molecule has 0 N–H and O–H groups in total. The van der Waals surface area contributed by atoms with Gasteiger partial charge in [-0.2, -0.15) is 11.3 Å². The molecule has 2 aromatic heterocycles. The number of thiophene rings is 1. The number of aromatic nitrogens is 3. The molecule has 3 rings (SSSR count). The molecule has 0 radical (unpaired) electrons. The van der Waals surface area contributed by atoms with Crippen LogP contribution < -0.4 is 0 Å². The zero-order valence-electron chi connectivity index (χ0n) is 14.3. The number of rotatable bonds is 7. The molecular formula is C18H20N4OS2. The third-order valence-electron chi connectivity index (χ3n) is 3.84. The Labute approximate surface area is 155 Å². The lowest BCUT2D eigenvalue weighted by molar-refractivity contribution is -0.127. The maximum atomic E-state index is 12.4. The Kier molecular flexibility index (Phi) is 5.88. The molecule has 7 heteroatoms. The second-order valence-corrected chi connectivity index (χ2v) is 7.49. The lowest BCUT2D eigenvalue weighted by atomic mass is 10.2. The molecule has 130 valence electrons. The predicted molar refractivity (Wildman–Crippen MR) is 102 cm³/mol. The summed E-state index contributed by atoms with van der Waals surface area (Å²) in [5, 5.41) is 13.3. The van der Waals surface area contributed by atoms with Crippen molar-refractivity contribution in [1.82, 2.24) is 19.7 Å². The molecule has 0 unspecified atom stereocenters. The number of nitrogens with zero attached hydrogens (tertiary/aromatic N) is 4. The van der Waals surface area contributed by atoms with E-state index in [4.69, 9.17) is 0 Å². The van der Waals surface area contributed by atoms with Gasteiger partial charge in [-0.3, -0.25) is 4.79 Å². The molecule has 0 saturated heterocycles. The Hall–Kier alpha value is -2.12. The van der Waals surface area contributed by atoms with Crippen LogP contribution in [0.1, 0.15) is 17.0 Å². The van der Waals surface area contributed by atoms with E-state index in [1.165, 1.54) is 17.3 Å². The number of aryl methyl sites for hydroxylation is 1. The van der Waals surface area contributed by atoms with Crippen molar-refractivity contribution in [1.29, 1.82) is 0 Å². The molecule has 0 aliphatic rings. The molecule has 0 fully saturated rings. The fraction of sp³-hybridized carbons (Fsp3) is 0.278. The van der Waals surface area contributed by atoms with Crippen LogP contribution in [0.4, 0.5) is 0 Å². The molecule has 0 bridgehead atoms. The van der Waals surface area contributed by atoms with Gasteiger partial charge in [0.05, 0.1) is 12.3 Å². The number of carbonyl (C=O) groups is 1. The van der Waals surface area contributed by atoms with E-state index in [9.17, 15) is 4.79 Å². The Bertz CT molecular complexity index is 815. The van der Waals surface area contributed by atoms with Crippen molar-refractivity contribution in [3.63, 3.8) is 0 Å². The standard InChI is InChI=1S/C18H20N4OS2/c1-14-19-20-18(22(14)11-15-6-4-3-5-7-15)25-13-17(23)21(2)10-16-8-9-24-12-16/h3-9,12H,10-11,13H2,1-2H3. The predicted octanol–water partition coefficient (Wildman–Crippen LogP) is 3.45. The maximum absolute atomic E-state index is 12.4. The van der Waals surface area contributed by atoms with Gasteiger partial charge in [-0.15, -0.1) is 10.2 Å². The third kappa shape index (κ3) is 4.70. The van der Waals surface area contributed by atoms with E-state index in [1.807, 2.05) is 48.2 Å². The van der Waals surface area contributed by atoms with E-state index >= 15 is 0 Å². The first-order chi connectivity index (χ1) is 12.1. The Morgan fingerprint density at radius 3 is 2.72 bits per heavy atom. The van der Waals surface area contributed by atoms with Gasteiger partial charge in [0.25, 0.3) is 0 Å². The SMILES string of the molecule is Cc1nnc(SCC(=O)N(C)Cc2ccsc2)n1Cc1ccccc1. The summed E-state index contributed by atoms with van der Waals surface area (Å²) >= 11 is 3.08. The molecule has 25 heavy (non-hydrogen) atoms. The van der Waals surface area contributed by atoms with E-state index in [0.29, 0.717) is 18.8 Å². The van der Waals surface area contributed by atoms with Crippen molar-refractivity contribution in [2.45, 2.75) is 25.2 Å². The summed E-state index contributed by atoms with van der Waals surface area (Å²) in [5.41, 5.74) is 2.35. The second-order valence-electron chi connectivity index (χ2n) is 5.77. The molecule has 5 nitrogen and oxygen atoms in total. The number of thioether (sulfide) groups is 1. The van der Waals surface area contributed by atoms with E-state index in [2.05, 4.69) is 27.7 Å². The zero-order valence-corrected chi connectivity index (χ0v) is 15.9. The van der Waals surface area contributed by atoms with Gasteiger partial charge in [0, 0.05) is 13.6 Å². The van der Waals surface area contributed by atoms with Gasteiger partial charge in [-0.1, -0.05) is 42.1 Å². The Morgan fingerprint density at radius 1 is 1.20 bits per heavy atom. The first-order valence-electron chi connectivity index (χ1n) is 7.95. The van der Waals surface area contributed by atoms with Crippen molar-refractivity contribution in [2.24, 2.45) is 0 Å². The van der Waals surface area contributed by atoms with Crippen LogP contribution >= 0.6 is 23.1 Å². The molecular weight excluding hydrogens is 352 g/mol. The van der Waals surface area contributed by atoms with E-state index in [0.717, 1.165) is 16.5 Å². The number of hydrogen-bond donors (Lipinski definition) is 0. The topological polar surface area (TPSA) is 51.0 Å². The number of hydrogen-bond acceptors (Lipinski definition) is 5. The molecule has 3 aromatic rings. The minimum Gasteiger partial charge on any atom is -0.341 e. The molecule has 0 aliphatic carbocycles. The molecule has 1 amide bonds. The van der Waals surface area contributed by atoms with Crippen molar-refractivity contribution >= 4 is 29.0 Å². The fourth-order valence-corrected chi connectivity index (χ4v) is 3.98. The van der Waals surface area contributed by atoms with Crippen molar-refractivity contribution in [2.75, 3.05) is 12.8 Å². The Balaban J connectivity index is 1.60. The smallest absolute Gasteiger partial charge is 0.233 e. The van der Waals surface area contributed by atoms with Crippen LogP contribution in [0.15, 0.2) is 52.3 Å². The highest BCUT2D eigenvalue weighted by Gasteiger charge is 2.15. The Morgan fingerprint density at radius 2 is 2.00 bits per heavy atom. The van der Waals surface area contributed by atoms with Crippen LogP contribution in [0.5, 0.6) is 0 Å². The minimum absolute atomic E-state index is 0.0862. The van der Waals surface area contributed by atoms with Gasteiger partial charge in [-0.25, -0.2) is 0 Å². The first kappa shape index (κ1) is 17.7. The lowest BCUT2D eigenvalue weighted by Crippen LogP contribution is -2.27. The fourth-order valence-electron chi connectivity index (χ4n) is 2.40. The minimum atomic E-state index is 0.0862. The summed E-state index contributed by atoms with van der Waals surface area (Å²) in [6.45, 7) is 3.28. The van der Waals surface area contributed by atoms with Crippen molar-refractivity contribution in [3.05, 3.63) is 64.1 Å². The summed E-state index contributed by atoms with van der Waals surface area (Å²) in [4.78, 5) is 14.1.